The molecule has 0 saturated carbocycles. The molecule has 0 radical (unpaired) electrons. The van der Waals surface area contributed by atoms with Crippen molar-refractivity contribution >= 4 is 70.1 Å². The second kappa shape index (κ2) is 12.7. The largest absolute Gasteiger partial charge is 0.310 e. The molecule has 9 aromatic carbocycles. The monoisotopic (exact) mass is 679 g/mol. The molecule has 10 rings (SSSR count). The molecule has 0 saturated heterocycles. The van der Waals surface area contributed by atoms with E-state index in [9.17, 15) is 0 Å². The van der Waals surface area contributed by atoms with Gasteiger partial charge in [-0.15, -0.1) is 11.3 Å². The molecule has 52 heavy (non-hydrogen) atoms. The number of hydrogen-bond acceptors (Lipinski definition) is 2. The normalized spacial score (nSPS) is 11.5. The third-order valence-corrected chi connectivity index (χ3v) is 11.4. The summed E-state index contributed by atoms with van der Waals surface area (Å²) < 4.78 is 2.66. The molecular weight excluding hydrogens is 647 g/mol. The summed E-state index contributed by atoms with van der Waals surface area (Å²) in [4.78, 5) is 2.39. The molecule has 0 spiro atoms. The molecular formula is C50H33NS. The highest BCUT2D eigenvalue weighted by Gasteiger charge is 2.16. The Morgan fingerprint density at radius 2 is 0.827 bits per heavy atom. The van der Waals surface area contributed by atoms with E-state index in [1.54, 1.807) is 0 Å². The smallest absolute Gasteiger partial charge is 0.0468 e. The highest BCUT2D eigenvalue weighted by atomic mass is 32.1. The Kier molecular flexibility index (Phi) is 7.41. The summed E-state index contributed by atoms with van der Waals surface area (Å²) in [6, 6.07) is 73.0. The molecule has 0 atom stereocenters. The third-order valence-electron chi connectivity index (χ3n) is 10.2. The van der Waals surface area contributed by atoms with E-state index in [0.717, 1.165) is 17.1 Å². The van der Waals surface area contributed by atoms with E-state index >= 15 is 0 Å². The Morgan fingerprint density at radius 3 is 1.58 bits per heavy atom. The molecule has 0 aliphatic rings. The topological polar surface area (TPSA) is 3.24 Å². The van der Waals surface area contributed by atoms with Crippen molar-refractivity contribution in [3.8, 4) is 33.4 Å². The van der Waals surface area contributed by atoms with Crippen LogP contribution in [0, 0.1) is 0 Å². The molecule has 0 N–H and O–H groups in total. The molecule has 1 heterocycles. The van der Waals surface area contributed by atoms with Crippen molar-refractivity contribution in [3.63, 3.8) is 0 Å². The molecule has 1 nitrogen and oxygen atoms in total. The van der Waals surface area contributed by atoms with Gasteiger partial charge in [0.1, 0.15) is 0 Å². The van der Waals surface area contributed by atoms with Gasteiger partial charge in [-0.1, -0.05) is 146 Å². The molecule has 244 valence electrons. The Hall–Kier alpha value is -6.48. The second-order valence-corrected chi connectivity index (χ2v) is 14.4. The van der Waals surface area contributed by atoms with Crippen molar-refractivity contribution in [2.75, 3.05) is 4.90 Å². The molecule has 0 bridgehead atoms. The lowest BCUT2D eigenvalue weighted by Gasteiger charge is -2.27. The highest BCUT2D eigenvalue weighted by Crippen LogP contribution is 2.42. The fraction of sp³-hybridized carbons (Fsp3) is 0. The standard InChI is InChI=1S/C50H33NS/c1-3-13-36-29-41(26-25-34(36)11-1)40-17-9-20-44(33-40)51(45-28-27-35-12-2-4-14-38(35)31-45)43-19-8-16-39(32-43)37-15-7-18-42(30-37)46-22-10-23-48-47-21-5-6-24-49(47)52-50(46)48/h1-33H. The number of hydrogen-bond donors (Lipinski definition) is 0. The van der Waals surface area contributed by atoms with E-state index in [1.807, 2.05) is 11.3 Å². The van der Waals surface area contributed by atoms with E-state index in [2.05, 4.69) is 205 Å². The number of benzene rings is 9. The minimum absolute atomic E-state index is 1.11. The van der Waals surface area contributed by atoms with Gasteiger partial charge in [-0.3, -0.25) is 0 Å². The molecule has 1 aromatic heterocycles. The van der Waals surface area contributed by atoms with Gasteiger partial charge in [0.05, 0.1) is 0 Å². The number of nitrogens with zero attached hydrogens (tertiary/aromatic N) is 1. The van der Waals surface area contributed by atoms with Crippen LogP contribution in [0.2, 0.25) is 0 Å². The predicted molar refractivity (Wildman–Crippen MR) is 225 cm³/mol. The summed E-state index contributed by atoms with van der Waals surface area (Å²) >= 11 is 1.88. The fourth-order valence-electron chi connectivity index (χ4n) is 7.62. The lowest BCUT2D eigenvalue weighted by Crippen LogP contribution is -2.10. The Labute approximate surface area is 307 Å². The third kappa shape index (κ3) is 5.42. The van der Waals surface area contributed by atoms with E-state index < -0.39 is 0 Å². The molecule has 10 aromatic rings. The SMILES string of the molecule is c1cc(-c2cccc(N(c3cccc(-c4ccc5ccccc5c4)c3)c3ccc4ccccc4c3)c2)cc(-c2cccc3c2sc2ccccc23)c1. The molecule has 0 amide bonds. The summed E-state index contributed by atoms with van der Waals surface area (Å²) in [7, 11) is 0. The van der Waals surface area contributed by atoms with Crippen molar-refractivity contribution in [2.45, 2.75) is 0 Å². The van der Waals surface area contributed by atoms with Crippen LogP contribution in [0.5, 0.6) is 0 Å². The molecule has 0 fully saturated rings. The van der Waals surface area contributed by atoms with Gasteiger partial charge < -0.3 is 4.90 Å². The number of fused-ring (bicyclic) bond motifs is 5. The Bertz CT molecular complexity index is 2930. The van der Waals surface area contributed by atoms with E-state index in [1.165, 1.54) is 75.1 Å². The first kappa shape index (κ1) is 30.4. The van der Waals surface area contributed by atoms with Crippen LogP contribution in [0.4, 0.5) is 17.1 Å². The zero-order valence-electron chi connectivity index (χ0n) is 28.4. The van der Waals surface area contributed by atoms with Crippen LogP contribution in [0.1, 0.15) is 0 Å². The summed E-state index contributed by atoms with van der Waals surface area (Å²) in [5, 5.41) is 7.59. The fourth-order valence-corrected chi connectivity index (χ4v) is 8.86. The summed E-state index contributed by atoms with van der Waals surface area (Å²) in [6.45, 7) is 0. The quantitative estimate of drug-likeness (QED) is 0.169. The van der Waals surface area contributed by atoms with Gasteiger partial charge in [-0.2, -0.15) is 0 Å². The van der Waals surface area contributed by atoms with Crippen LogP contribution >= 0.6 is 11.3 Å². The van der Waals surface area contributed by atoms with Crippen LogP contribution in [-0.2, 0) is 0 Å². The first-order valence-electron chi connectivity index (χ1n) is 17.7. The molecule has 0 unspecified atom stereocenters. The van der Waals surface area contributed by atoms with Gasteiger partial charge in [0.2, 0.25) is 0 Å². The summed E-state index contributed by atoms with van der Waals surface area (Å²) in [6.07, 6.45) is 0. The van der Waals surface area contributed by atoms with Gasteiger partial charge in [0.25, 0.3) is 0 Å². The van der Waals surface area contributed by atoms with Gasteiger partial charge in [-0.25, -0.2) is 0 Å². The van der Waals surface area contributed by atoms with Crippen LogP contribution < -0.4 is 4.90 Å². The number of rotatable bonds is 6. The van der Waals surface area contributed by atoms with Crippen LogP contribution in [0.25, 0.3) is 75.1 Å². The predicted octanol–water partition coefficient (Wildman–Crippen LogP) is 14.8. The number of anilines is 3. The highest BCUT2D eigenvalue weighted by molar-refractivity contribution is 7.26. The van der Waals surface area contributed by atoms with E-state index in [0.29, 0.717) is 0 Å². The van der Waals surface area contributed by atoms with Gasteiger partial charge >= 0.3 is 0 Å². The van der Waals surface area contributed by atoms with Gasteiger partial charge in [0.15, 0.2) is 0 Å². The Balaban J connectivity index is 1.09. The second-order valence-electron chi connectivity index (χ2n) is 13.4. The summed E-state index contributed by atoms with van der Waals surface area (Å²) in [5.41, 5.74) is 10.6. The van der Waals surface area contributed by atoms with Crippen molar-refractivity contribution in [1.29, 1.82) is 0 Å². The summed E-state index contributed by atoms with van der Waals surface area (Å²) in [5.74, 6) is 0. The van der Waals surface area contributed by atoms with Crippen molar-refractivity contribution < 1.29 is 0 Å². The van der Waals surface area contributed by atoms with Crippen LogP contribution in [-0.4, -0.2) is 0 Å². The van der Waals surface area contributed by atoms with Gasteiger partial charge in [0, 0.05) is 37.2 Å². The van der Waals surface area contributed by atoms with Crippen molar-refractivity contribution in [2.24, 2.45) is 0 Å². The van der Waals surface area contributed by atoms with Crippen LogP contribution in [0.3, 0.4) is 0 Å². The maximum absolute atomic E-state index is 2.39. The minimum atomic E-state index is 1.11. The van der Waals surface area contributed by atoms with Crippen molar-refractivity contribution in [1.82, 2.24) is 0 Å². The maximum atomic E-state index is 2.39. The lowest BCUT2D eigenvalue weighted by molar-refractivity contribution is 1.29. The van der Waals surface area contributed by atoms with Crippen LogP contribution in [0.15, 0.2) is 200 Å². The molecule has 0 aliphatic heterocycles. The average molecular weight is 680 g/mol. The first-order chi connectivity index (χ1) is 25.7. The average Bonchev–Trinajstić information content (AvgIpc) is 3.60. The van der Waals surface area contributed by atoms with Gasteiger partial charge in [-0.05, 0) is 110 Å². The minimum Gasteiger partial charge on any atom is -0.310 e. The maximum Gasteiger partial charge on any atom is 0.0468 e. The van der Waals surface area contributed by atoms with E-state index in [4.69, 9.17) is 0 Å². The first-order valence-corrected chi connectivity index (χ1v) is 18.6. The van der Waals surface area contributed by atoms with E-state index in [-0.39, 0.29) is 0 Å². The molecule has 0 aliphatic carbocycles. The number of thiophene rings is 1. The lowest BCUT2D eigenvalue weighted by atomic mass is 9.97. The Morgan fingerprint density at radius 1 is 0.308 bits per heavy atom. The van der Waals surface area contributed by atoms with Crippen molar-refractivity contribution in [3.05, 3.63) is 200 Å². The molecule has 2 heteroatoms. The zero-order chi connectivity index (χ0) is 34.4. The zero-order valence-corrected chi connectivity index (χ0v) is 29.2.